The third kappa shape index (κ3) is 2.24. The van der Waals surface area contributed by atoms with Crippen LogP contribution in [0.3, 0.4) is 0 Å². The van der Waals surface area contributed by atoms with E-state index >= 15 is 0 Å². The summed E-state index contributed by atoms with van der Waals surface area (Å²) in [4.78, 5) is 12.0. The Bertz CT molecular complexity index is 559. The van der Waals surface area contributed by atoms with E-state index in [2.05, 4.69) is 24.3 Å². The molecule has 0 aromatic heterocycles. The van der Waals surface area contributed by atoms with Crippen molar-refractivity contribution in [1.29, 1.82) is 0 Å². The number of hydrazone groups is 1. The number of hydrogen-bond acceptors (Lipinski definition) is 3. The van der Waals surface area contributed by atoms with Gasteiger partial charge in [-0.05, 0) is 80.5 Å². The van der Waals surface area contributed by atoms with Gasteiger partial charge in [-0.25, -0.2) is 0 Å². The van der Waals surface area contributed by atoms with Crippen LogP contribution in [-0.4, -0.2) is 18.2 Å². The van der Waals surface area contributed by atoms with E-state index < -0.39 is 0 Å². The van der Waals surface area contributed by atoms with Crippen LogP contribution in [0.2, 0.25) is 0 Å². The summed E-state index contributed by atoms with van der Waals surface area (Å²) < 4.78 is 0. The van der Waals surface area contributed by atoms with Crippen LogP contribution in [0.5, 0.6) is 0 Å². The van der Waals surface area contributed by atoms with Gasteiger partial charge in [-0.1, -0.05) is 13.8 Å². The molecule has 4 nitrogen and oxygen atoms in total. The molecule has 24 heavy (non-hydrogen) atoms. The average molecular weight is 332 g/mol. The summed E-state index contributed by atoms with van der Waals surface area (Å²) in [6.45, 7) is 5.82. The number of hydrogen-bond donors (Lipinski definition) is 2. The number of fused-ring (bicyclic) bond motifs is 5. The summed E-state index contributed by atoms with van der Waals surface area (Å²) in [6, 6.07) is 0. The van der Waals surface area contributed by atoms with Gasteiger partial charge in [0, 0.05) is 24.1 Å². The van der Waals surface area contributed by atoms with Crippen molar-refractivity contribution in [1.82, 2.24) is 5.32 Å². The molecular weight excluding hydrogens is 298 g/mol. The number of carbonyl (C=O) groups excluding carboxylic acids is 1. The van der Waals surface area contributed by atoms with Gasteiger partial charge in [-0.15, -0.1) is 0 Å². The topological polar surface area (TPSA) is 67.5 Å². The first-order valence-corrected chi connectivity index (χ1v) is 10.0. The first kappa shape index (κ1) is 16.4. The van der Waals surface area contributed by atoms with E-state index in [1.807, 2.05) is 0 Å². The van der Waals surface area contributed by atoms with Crippen LogP contribution in [0.4, 0.5) is 0 Å². The van der Waals surface area contributed by atoms with E-state index in [0.717, 1.165) is 43.1 Å². The maximum atomic E-state index is 12.0. The molecule has 3 aliphatic carbocycles. The van der Waals surface area contributed by atoms with E-state index in [4.69, 9.17) is 5.84 Å². The molecule has 1 amide bonds. The Kier molecular flexibility index (Phi) is 3.92. The van der Waals surface area contributed by atoms with Crippen molar-refractivity contribution < 1.29 is 4.79 Å². The third-order valence-corrected chi connectivity index (χ3v) is 8.67. The molecule has 1 heterocycles. The minimum atomic E-state index is 0.248. The van der Waals surface area contributed by atoms with Crippen molar-refractivity contribution in [3.05, 3.63) is 0 Å². The lowest BCUT2D eigenvalue weighted by Gasteiger charge is -2.59. The summed E-state index contributed by atoms with van der Waals surface area (Å²) in [7, 11) is 0. The Morgan fingerprint density at radius 3 is 2.67 bits per heavy atom. The largest absolute Gasteiger partial charge is 0.356 e. The van der Waals surface area contributed by atoms with Crippen molar-refractivity contribution in [2.45, 2.75) is 71.6 Å². The first-order chi connectivity index (χ1) is 11.5. The summed E-state index contributed by atoms with van der Waals surface area (Å²) in [5.74, 6) is 9.13. The normalized spacial score (nSPS) is 50.2. The minimum Gasteiger partial charge on any atom is -0.356 e. The summed E-state index contributed by atoms with van der Waals surface area (Å²) in [5.41, 5.74) is 1.87. The second-order valence-corrected chi connectivity index (χ2v) is 9.37. The van der Waals surface area contributed by atoms with E-state index in [-0.39, 0.29) is 11.3 Å². The molecule has 4 heteroatoms. The van der Waals surface area contributed by atoms with E-state index in [0.29, 0.717) is 11.8 Å². The van der Waals surface area contributed by atoms with E-state index in [1.165, 1.54) is 44.2 Å². The molecule has 1 aliphatic heterocycles. The molecule has 1 saturated heterocycles. The predicted molar refractivity (Wildman–Crippen MR) is 96.4 cm³/mol. The average Bonchev–Trinajstić information content (AvgIpc) is 2.90. The van der Waals surface area contributed by atoms with Crippen LogP contribution in [0.1, 0.15) is 71.6 Å². The zero-order valence-corrected chi connectivity index (χ0v) is 15.3. The predicted octanol–water partition coefficient (Wildman–Crippen LogP) is 3.46. The fraction of sp³-hybridized carbons (Fsp3) is 0.900. The molecule has 3 N–H and O–H groups in total. The number of rotatable bonds is 0. The Labute approximate surface area is 146 Å². The Morgan fingerprint density at radius 2 is 1.88 bits per heavy atom. The molecule has 0 aromatic rings. The first-order valence-electron chi connectivity index (χ1n) is 10.0. The molecule has 0 spiro atoms. The van der Waals surface area contributed by atoms with Crippen LogP contribution < -0.4 is 11.2 Å². The number of amides is 1. The zero-order chi connectivity index (χ0) is 16.9. The molecule has 0 bridgehead atoms. The van der Waals surface area contributed by atoms with Gasteiger partial charge in [0.1, 0.15) is 0 Å². The number of nitrogens with one attached hydrogen (secondary N) is 1. The number of carbonyl (C=O) groups is 1. The third-order valence-electron chi connectivity index (χ3n) is 8.67. The van der Waals surface area contributed by atoms with Crippen molar-refractivity contribution in [3.8, 4) is 0 Å². The van der Waals surface area contributed by atoms with Crippen LogP contribution >= 0.6 is 0 Å². The summed E-state index contributed by atoms with van der Waals surface area (Å²) in [5, 5.41) is 7.28. The van der Waals surface area contributed by atoms with Gasteiger partial charge in [0.05, 0.1) is 0 Å². The highest BCUT2D eigenvalue weighted by Gasteiger charge is 2.58. The molecule has 0 aromatic carbocycles. The lowest BCUT2D eigenvalue weighted by atomic mass is 9.46. The van der Waals surface area contributed by atoms with Gasteiger partial charge in [-0.3, -0.25) is 4.79 Å². The van der Waals surface area contributed by atoms with Crippen LogP contribution in [0, 0.1) is 34.5 Å². The monoisotopic (exact) mass is 331 g/mol. The Balaban J connectivity index is 1.63. The van der Waals surface area contributed by atoms with Crippen molar-refractivity contribution in [2.24, 2.45) is 45.4 Å². The number of nitrogens with zero attached hydrogens (tertiary/aromatic N) is 1. The van der Waals surface area contributed by atoms with Crippen molar-refractivity contribution in [2.75, 3.05) is 6.54 Å². The quantitative estimate of drug-likeness (QED) is 0.527. The highest BCUT2D eigenvalue weighted by atomic mass is 16.1. The second kappa shape index (κ2) is 5.74. The second-order valence-electron chi connectivity index (χ2n) is 9.37. The van der Waals surface area contributed by atoms with Crippen LogP contribution in [0.15, 0.2) is 5.10 Å². The van der Waals surface area contributed by atoms with Gasteiger partial charge >= 0.3 is 0 Å². The molecular formula is C20H33N3O. The van der Waals surface area contributed by atoms with Gasteiger partial charge < -0.3 is 11.2 Å². The summed E-state index contributed by atoms with van der Waals surface area (Å²) in [6.07, 6.45) is 10.6. The van der Waals surface area contributed by atoms with Gasteiger partial charge in [0.15, 0.2) is 0 Å². The van der Waals surface area contributed by atoms with Crippen LogP contribution in [0.25, 0.3) is 0 Å². The van der Waals surface area contributed by atoms with Crippen LogP contribution in [-0.2, 0) is 4.79 Å². The van der Waals surface area contributed by atoms with Gasteiger partial charge in [0.25, 0.3) is 0 Å². The lowest BCUT2D eigenvalue weighted by Crippen LogP contribution is -2.53. The molecule has 4 fully saturated rings. The Morgan fingerprint density at radius 1 is 1.04 bits per heavy atom. The number of nitrogens with two attached hydrogens (primary N) is 1. The van der Waals surface area contributed by atoms with E-state index in [9.17, 15) is 4.79 Å². The smallest absolute Gasteiger partial charge is 0.220 e. The fourth-order valence-corrected chi connectivity index (χ4v) is 7.26. The standard InChI is InChI=1S/C20H33N3O/c1-19-11-8-18(24)22-12-9-13(19)3-4-14-15-5-6-17(23-21)20(15,2)10-7-16(14)19/h13-16H,3-12,21H2,1-2H3,(H,22,24)/b23-17-/t13-,14-,15-,16?,19-,20-/m0/s1. The maximum Gasteiger partial charge on any atom is 0.220 e. The lowest BCUT2D eigenvalue weighted by molar-refractivity contribution is -0.127. The van der Waals surface area contributed by atoms with Crippen molar-refractivity contribution in [3.63, 3.8) is 0 Å². The zero-order valence-electron chi connectivity index (χ0n) is 15.3. The highest BCUT2D eigenvalue weighted by molar-refractivity contribution is 5.92. The molecule has 6 atom stereocenters. The Hall–Kier alpha value is -1.06. The van der Waals surface area contributed by atoms with Gasteiger partial charge in [0.2, 0.25) is 5.91 Å². The molecule has 134 valence electrons. The minimum absolute atomic E-state index is 0.248. The molecule has 4 rings (SSSR count). The summed E-state index contributed by atoms with van der Waals surface area (Å²) >= 11 is 0. The van der Waals surface area contributed by atoms with Crippen molar-refractivity contribution >= 4 is 11.6 Å². The molecule has 3 saturated carbocycles. The maximum absolute atomic E-state index is 12.0. The molecule has 0 radical (unpaired) electrons. The molecule has 1 unspecified atom stereocenters. The molecule has 4 aliphatic rings. The SMILES string of the molecule is C[C@]12CCC3[C@@H](CC[C@H]4CCNC(=O)CC[C@]34C)[C@@H]1CC/C2=N/N. The highest BCUT2D eigenvalue weighted by Crippen LogP contribution is 2.64. The van der Waals surface area contributed by atoms with Gasteiger partial charge in [-0.2, -0.15) is 5.10 Å². The van der Waals surface area contributed by atoms with E-state index in [1.54, 1.807) is 0 Å². The fourth-order valence-electron chi connectivity index (χ4n) is 7.26.